The second kappa shape index (κ2) is 11.9. The van der Waals surface area contributed by atoms with E-state index in [9.17, 15) is 9.59 Å². The monoisotopic (exact) mass is 460 g/mol. The summed E-state index contributed by atoms with van der Waals surface area (Å²) in [5, 5.41) is 2.79. The van der Waals surface area contributed by atoms with Crippen LogP contribution in [0, 0.1) is 0 Å². The van der Waals surface area contributed by atoms with Gasteiger partial charge in [0.25, 0.3) is 5.91 Å². The summed E-state index contributed by atoms with van der Waals surface area (Å²) in [4.78, 5) is 26.4. The Labute approximate surface area is 192 Å². The lowest BCUT2D eigenvalue weighted by atomic mass is 10.2. The topological polar surface area (TPSA) is 67.9 Å². The highest BCUT2D eigenvalue weighted by Crippen LogP contribution is 2.43. The molecule has 1 aliphatic heterocycles. The van der Waals surface area contributed by atoms with E-state index in [1.54, 1.807) is 31.4 Å². The van der Waals surface area contributed by atoms with E-state index in [1.807, 2.05) is 42.6 Å². The molecule has 2 amide bonds. The molecule has 31 heavy (non-hydrogen) atoms. The van der Waals surface area contributed by atoms with E-state index in [4.69, 9.17) is 9.47 Å². The average Bonchev–Trinajstić information content (AvgIpc) is 2.82. The standard InChI is InChI=1S/C23H28N2O4S2/c1-3-25(15-21(26)24-18-6-4-7-20(14-18)28-2)22(27)16-29-19-10-8-17(9-11-19)23-30-12-5-13-31-23/h4,6-11,14,23H,3,5,12-13,15-16H2,1-2H3,(H,24,26). The lowest BCUT2D eigenvalue weighted by Gasteiger charge is -2.22. The third-order valence-electron chi connectivity index (χ3n) is 4.76. The second-order valence-electron chi connectivity index (χ2n) is 6.97. The van der Waals surface area contributed by atoms with E-state index in [-0.39, 0.29) is 25.0 Å². The molecular weight excluding hydrogens is 432 g/mol. The predicted octanol–water partition coefficient (Wildman–Crippen LogP) is 4.43. The number of nitrogens with zero attached hydrogens (tertiary/aromatic N) is 1. The number of thioether (sulfide) groups is 2. The molecule has 6 nitrogen and oxygen atoms in total. The number of hydrogen-bond acceptors (Lipinski definition) is 6. The molecule has 0 aromatic heterocycles. The van der Waals surface area contributed by atoms with Crippen LogP contribution in [-0.2, 0) is 9.59 Å². The zero-order valence-electron chi connectivity index (χ0n) is 17.8. The first kappa shape index (κ1) is 23.3. The fourth-order valence-corrected chi connectivity index (χ4v) is 5.98. The van der Waals surface area contributed by atoms with Crippen molar-refractivity contribution >= 4 is 41.0 Å². The van der Waals surface area contributed by atoms with Crippen molar-refractivity contribution in [2.45, 2.75) is 17.9 Å². The lowest BCUT2D eigenvalue weighted by Crippen LogP contribution is -2.40. The third-order valence-corrected chi connectivity index (χ3v) is 7.78. The summed E-state index contributed by atoms with van der Waals surface area (Å²) in [5.74, 6) is 3.20. The third kappa shape index (κ3) is 7.11. The van der Waals surface area contributed by atoms with Crippen molar-refractivity contribution in [3.63, 3.8) is 0 Å². The minimum atomic E-state index is -0.268. The molecule has 2 aromatic carbocycles. The molecule has 2 aromatic rings. The average molecular weight is 461 g/mol. The normalized spacial score (nSPS) is 14.0. The van der Waals surface area contributed by atoms with Gasteiger partial charge in [-0.2, -0.15) is 0 Å². The molecule has 0 radical (unpaired) electrons. The summed E-state index contributed by atoms with van der Waals surface area (Å²) < 4.78 is 11.3. The molecule has 0 atom stereocenters. The Bertz CT molecular complexity index is 870. The molecule has 0 spiro atoms. The molecule has 1 heterocycles. The highest BCUT2D eigenvalue weighted by atomic mass is 32.2. The Balaban J connectivity index is 1.48. The SMILES string of the molecule is CCN(CC(=O)Nc1cccc(OC)c1)C(=O)COc1ccc(C2SCCCS2)cc1. The maximum Gasteiger partial charge on any atom is 0.260 e. The van der Waals surface area contributed by atoms with Crippen molar-refractivity contribution in [1.82, 2.24) is 4.90 Å². The van der Waals surface area contributed by atoms with E-state index in [0.717, 1.165) is 0 Å². The molecule has 0 saturated carbocycles. The van der Waals surface area contributed by atoms with Gasteiger partial charge < -0.3 is 19.7 Å². The fraction of sp³-hybridized carbons (Fsp3) is 0.391. The summed E-state index contributed by atoms with van der Waals surface area (Å²) in [5.41, 5.74) is 1.90. The molecule has 0 unspecified atom stereocenters. The molecule has 166 valence electrons. The summed E-state index contributed by atoms with van der Waals surface area (Å²) in [6.07, 6.45) is 1.26. The number of amides is 2. The van der Waals surface area contributed by atoms with Gasteiger partial charge in [-0.15, -0.1) is 23.5 Å². The van der Waals surface area contributed by atoms with Gasteiger partial charge in [-0.3, -0.25) is 9.59 Å². The van der Waals surface area contributed by atoms with Crippen molar-refractivity contribution in [3.8, 4) is 11.5 Å². The van der Waals surface area contributed by atoms with Crippen molar-refractivity contribution in [2.24, 2.45) is 0 Å². The van der Waals surface area contributed by atoms with Crippen LogP contribution in [0.5, 0.6) is 11.5 Å². The van der Waals surface area contributed by atoms with Crippen LogP contribution in [0.3, 0.4) is 0 Å². The number of likely N-dealkylation sites (N-methyl/N-ethyl adjacent to an activating group) is 1. The maximum atomic E-state index is 12.5. The van der Waals surface area contributed by atoms with Crippen molar-refractivity contribution in [1.29, 1.82) is 0 Å². The van der Waals surface area contributed by atoms with Crippen LogP contribution in [0.1, 0.15) is 23.5 Å². The van der Waals surface area contributed by atoms with E-state index < -0.39 is 0 Å². The fourth-order valence-electron chi connectivity index (χ4n) is 3.09. The van der Waals surface area contributed by atoms with Gasteiger partial charge in [-0.05, 0) is 54.7 Å². The number of carbonyl (C=O) groups excluding carboxylic acids is 2. The van der Waals surface area contributed by atoms with Gasteiger partial charge in [0.1, 0.15) is 11.5 Å². The van der Waals surface area contributed by atoms with Crippen LogP contribution in [0.4, 0.5) is 5.69 Å². The molecule has 8 heteroatoms. The number of anilines is 1. The zero-order valence-corrected chi connectivity index (χ0v) is 19.5. The molecular formula is C23H28N2O4S2. The van der Waals surface area contributed by atoms with E-state index in [1.165, 1.54) is 28.4 Å². The van der Waals surface area contributed by atoms with Gasteiger partial charge in [-0.25, -0.2) is 0 Å². The van der Waals surface area contributed by atoms with Crippen LogP contribution in [0.15, 0.2) is 48.5 Å². The quantitative estimate of drug-likeness (QED) is 0.597. The van der Waals surface area contributed by atoms with Gasteiger partial charge >= 0.3 is 0 Å². The van der Waals surface area contributed by atoms with Crippen LogP contribution in [0.2, 0.25) is 0 Å². The molecule has 1 saturated heterocycles. The van der Waals surface area contributed by atoms with Crippen LogP contribution in [-0.4, -0.2) is 55.0 Å². The first-order chi connectivity index (χ1) is 15.1. The Morgan fingerprint density at radius 3 is 2.52 bits per heavy atom. The Morgan fingerprint density at radius 1 is 1.10 bits per heavy atom. The first-order valence-electron chi connectivity index (χ1n) is 10.3. The predicted molar refractivity (Wildman–Crippen MR) is 128 cm³/mol. The van der Waals surface area contributed by atoms with Crippen molar-refractivity contribution in [3.05, 3.63) is 54.1 Å². The van der Waals surface area contributed by atoms with Crippen molar-refractivity contribution < 1.29 is 19.1 Å². The van der Waals surface area contributed by atoms with E-state index in [0.29, 0.717) is 28.3 Å². The molecule has 0 bridgehead atoms. The van der Waals surface area contributed by atoms with Gasteiger partial charge in [0.15, 0.2) is 6.61 Å². The minimum Gasteiger partial charge on any atom is -0.497 e. The number of methoxy groups -OCH3 is 1. The van der Waals surface area contributed by atoms with E-state index >= 15 is 0 Å². The smallest absolute Gasteiger partial charge is 0.260 e. The van der Waals surface area contributed by atoms with Gasteiger partial charge in [-0.1, -0.05) is 18.2 Å². The maximum absolute atomic E-state index is 12.5. The summed E-state index contributed by atoms with van der Waals surface area (Å²) >= 11 is 3.94. The number of benzene rings is 2. The zero-order chi connectivity index (χ0) is 22.1. The number of nitrogens with one attached hydrogen (secondary N) is 1. The molecule has 0 aliphatic carbocycles. The highest BCUT2D eigenvalue weighted by molar-refractivity contribution is 8.16. The number of hydrogen-bond donors (Lipinski definition) is 1. The second-order valence-corrected chi connectivity index (χ2v) is 9.70. The summed E-state index contributed by atoms with van der Waals surface area (Å²) in [6, 6.07) is 15.0. The van der Waals surface area contributed by atoms with E-state index in [2.05, 4.69) is 17.4 Å². The first-order valence-corrected chi connectivity index (χ1v) is 12.4. The Morgan fingerprint density at radius 2 is 1.84 bits per heavy atom. The van der Waals surface area contributed by atoms with Gasteiger partial charge in [0, 0.05) is 18.3 Å². The molecule has 1 fully saturated rings. The lowest BCUT2D eigenvalue weighted by molar-refractivity contribution is -0.136. The van der Waals surface area contributed by atoms with Crippen LogP contribution < -0.4 is 14.8 Å². The Hall–Kier alpha value is -2.32. The summed E-state index contributed by atoms with van der Waals surface area (Å²) in [7, 11) is 1.57. The minimum absolute atomic E-state index is 0.0367. The van der Waals surface area contributed by atoms with Crippen molar-refractivity contribution in [2.75, 3.05) is 43.6 Å². The molecule has 1 aliphatic rings. The number of carbonyl (C=O) groups is 2. The summed E-state index contributed by atoms with van der Waals surface area (Å²) in [6.45, 7) is 2.12. The molecule has 1 N–H and O–H groups in total. The van der Waals surface area contributed by atoms with Crippen LogP contribution >= 0.6 is 23.5 Å². The van der Waals surface area contributed by atoms with Crippen LogP contribution in [0.25, 0.3) is 0 Å². The molecule has 3 rings (SSSR count). The number of rotatable bonds is 9. The van der Waals surface area contributed by atoms with Gasteiger partial charge in [0.2, 0.25) is 5.91 Å². The number of ether oxygens (including phenoxy) is 2. The highest BCUT2D eigenvalue weighted by Gasteiger charge is 2.18. The van der Waals surface area contributed by atoms with Gasteiger partial charge in [0.05, 0.1) is 18.2 Å². The Kier molecular flexibility index (Phi) is 8.97. The largest absolute Gasteiger partial charge is 0.497 e.